The number of carbonyl (C=O) groups is 2. The zero-order valence-corrected chi connectivity index (χ0v) is 21.3. The van der Waals surface area contributed by atoms with Crippen molar-refractivity contribution < 1.29 is 9.59 Å². The van der Waals surface area contributed by atoms with Crippen molar-refractivity contribution in [3.63, 3.8) is 0 Å². The number of nitrogens with zero attached hydrogens (tertiary/aromatic N) is 3. The normalized spacial score (nSPS) is 11.2. The van der Waals surface area contributed by atoms with Gasteiger partial charge in [0.2, 0.25) is 11.9 Å². The number of amides is 2. The number of aromatic nitrogens is 3. The quantitative estimate of drug-likeness (QED) is 0.208. The summed E-state index contributed by atoms with van der Waals surface area (Å²) >= 11 is 0. The molecule has 0 bridgehead atoms. The summed E-state index contributed by atoms with van der Waals surface area (Å²) in [4.78, 5) is 38.8. The Bertz CT molecular complexity index is 1670. The molecule has 0 spiro atoms. The number of fused-ring (bicyclic) bond motifs is 2. The summed E-state index contributed by atoms with van der Waals surface area (Å²) in [5.41, 5.74) is 9.58. The molecule has 0 aliphatic rings. The molecule has 0 atom stereocenters. The standard InChI is InChI=1S/C28H28N8O2/c1-16-8-9-19(31-24(37)15-36(2)3)14-22(16)33-28-34-26-20(10-11-30-26)27(35-28)32-23-13-18-7-5-4-6-17(18)12-21(23)25(29)38/h4-14H,15H2,1-3H3,(H2,29,38)(H,31,37)(H3,30,32,33,34,35). The summed E-state index contributed by atoms with van der Waals surface area (Å²) in [6.07, 6.45) is 1.77. The number of aromatic amines is 1. The molecule has 0 aliphatic heterocycles. The number of rotatable bonds is 8. The number of H-pyrrole nitrogens is 1. The van der Waals surface area contributed by atoms with E-state index in [2.05, 4.69) is 25.9 Å². The Kier molecular flexibility index (Phi) is 6.63. The number of carbonyl (C=O) groups excluding carboxylic acids is 2. The number of hydrogen-bond donors (Lipinski definition) is 5. The second-order valence-corrected chi connectivity index (χ2v) is 9.31. The third-order valence-corrected chi connectivity index (χ3v) is 6.05. The van der Waals surface area contributed by atoms with Crippen molar-refractivity contribution in [2.45, 2.75) is 6.92 Å². The maximum atomic E-state index is 12.3. The van der Waals surface area contributed by atoms with Gasteiger partial charge in [-0.05, 0) is 67.7 Å². The number of anilines is 5. The van der Waals surface area contributed by atoms with E-state index in [0.717, 1.165) is 27.4 Å². The van der Waals surface area contributed by atoms with Gasteiger partial charge in [-0.3, -0.25) is 9.59 Å². The van der Waals surface area contributed by atoms with Gasteiger partial charge in [0.1, 0.15) is 11.5 Å². The first-order chi connectivity index (χ1) is 18.3. The molecule has 192 valence electrons. The fourth-order valence-electron chi connectivity index (χ4n) is 4.21. The molecule has 10 heteroatoms. The van der Waals surface area contributed by atoms with Crippen LogP contribution in [-0.2, 0) is 4.79 Å². The van der Waals surface area contributed by atoms with Gasteiger partial charge in [0.25, 0.3) is 5.91 Å². The van der Waals surface area contributed by atoms with Gasteiger partial charge in [-0.2, -0.15) is 9.97 Å². The van der Waals surface area contributed by atoms with Crippen LogP contribution in [0.15, 0.2) is 66.9 Å². The maximum absolute atomic E-state index is 12.3. The monoisotopic (exact) mass is 508 g/mol. The van der Waals surface area contributed by atoms with Gasteiger partial charge in [-0.15, -0.1) is 0 Å². The summed E-state index contributed by atoms with van der Waals surface area (Å²) in [5, 5.41) is 12.1. The fraction of sp³-hybridized carbons (Fsp3) is 0.143. The molecule has 10 nitrogen and oxygen atoms in total. The van der Waals surface area contributed by atoms with Crippen LogP contribution in [0.3, 0.4) is 0 Å². The van der Waals surface area contributed by atoms with Crippen molar-refractivity contribution >= 4 is 62.4 Å². The highest BCUT2D eigenvalue weighted by Crippen LogP contribution is 2.31. The SMILES string of the molecule is Cc1ccc(NC(=O)CN(C)C)cc1Nc1nc(Nc2cc3ccccc3cc2C(N)=O)c2cc[nH]c2n1. The molecule has 0 radical (unpaired) electrons. The minimum atomic E-state index is -0.542. The number of aryl methyl sites for hydroxylation is 1. The van der Waals surface area contributed by atoms with Crippen LogP contribution < -0.4 is 21.7 Å². The van der Waals surface area contributed by atoms with Crippen LogP contribution >= 0.6 is 0 Å². The predicted octanol–water partition coefficient (Wildman–Crippen LogP) is 4.51. The van der Waals surface area contributed by atoms with E-state index in [1.807, 2.05) is 75.6 Å². The Balaban J connectivity index is 1.49. The average Bonchev–Trinajstić information content (AvgIpc) is 3.34. The first kappa shape index (κ1) is 24.7. The molecule has 0 saturated heterocycles. The van der Waals surface area contributed by atoms with Gasteiger partial charge >= 0.3 is 0 Å². The van der Waals surface area contributed by atoms with Crippen LogP contribution in [0.5, 0.6) is 0 Å². The minimum absolute atomic E-state index is 0.110. The van der Waals surface area contributed by atoms with Gasteiger partial charge in [0.15, 0.2) is 0 Å². The minimum Gasteiger partial charge on any atom is -0.366 e. The Morgan fingerprint density at radius 3 is 2.45 bits per heavy atom. The van der Waals surface area contributed by atoms with Gasteiger partial charge < -0.3 is 31.6 Å². The van der Waals surface area contributed by atoms with Gasteiger partial charge in [0.05, 0.1) is 23.2 Å². The van der Waals surface area contributed by atoms with Crippen molar-refractivity contribution in [2.75, 3.05) is 36.6 Å². The van der Waals surface area contributed by atoms with E-state index in [-0.39, 0.29) is 12.5 Å². The number of nitrogens with two attached hydrogens (primary N) is 1. The van der Waals surface area contributed by atoms with Gasteiger partial charge in [0, 0.05) is 17.6 Å². The Labute approximate surface area is 219 Å². The molecular weight excluding hydrogens is 480 g/mol. The van der Waals surface area contributed by atoms with E-state index in [4.69, 9.17) is 10.7 Å². The van der Waals surface area contributed by atoms with Crippen LogP contribution in [0, 0.1) is 6.92 Å². The largest absolute Gasteiger partial charge is 0.366 e. The number of likely N-dealkylation sites (N-methyl/N-ethyl adjacent to an activating group) is 1. The van der Waals surface area contributed by atoms with Gasteiger partial charge in [-0.1, -0.05) is 30.3 Å². The van der Waals surface area contributed by atoms with Crippen LogP contribution in [0.25, 0.3) is 21.8 Å². The van der Waals surface area contributed by atoms with Crippen molar-refractivity contribution in [1.29, 1.82) is 0 Å². The smallest absolute Gasteiger partial charge is 0.250 e. The van der Waals surface area contributed by atoms with Crippen molar-refractivity contribution in [3.05, 3.63) is 78.0 Å². The first-order valence-corrected chi connectivity index (χ1v) is 12.0. The summed E-state index contributed by atoms with van der Waals surface area (Å²) in [6, 6.07) is 18.9. The van der Waals surface area contributed by atoms with Gasteiger partial charge in [-0.25, -0.2) is 0 Å². The topological polar surface area (TPSA) is 141 Å². The van der Waals surface area contributed by atoms with Crippen LogP contribution in [0.2, 0.25) is 0 Å². The zero-order valence-electron chi connectivity index (χ0n) is 21.3. The summed E-state index contributed by atoms with van der Waals surface area (Å²) < 4.78 is 0. The van der Waals surface area contributed by atoms with E-state index >= 15 is 0 Å². The zero-order chi connectivity index (χ0) is 26.8. The van der Waals surface area contributed by atoms with Crippen molar-refractivity contribution in [2.24, 2.45) is 5.73 Å². The predicted molar refractivity (Wildman–Crippen MR) is 151 cm³/mol. The van der Waals surface area contributed by atoms with E-state index in [0.29, 0.717) is 34.4 Å². The lowest BCUT2D eigenvalue weighted by Gasteiger charge is -2.15. The molecule has 0 saturated carbocycles. The number of hydrogen-bond acceptors (Lipinski definition) is 7. The molecule has 2 heterocycles. The van der Waals surface area contributed by atoms with E-state index in [9.17, 15) is 9.59 Å². The highest BCUT2D eigenvalue weighted by atomic mass is 16.2. The third kappa shape index (κ3) is 5.25. The van der Waals surface area contributed by atoms with Crippen LogP contribution in [0.1, 0.15) is 15.9 Å². The summed E-state index contributed by atoms with van der Waals surface area (Å²) in [7, 11) is 3.68. The first-order valence-electron chi connectivity index (χ1n) is 12.0. The molecule has 2 aromatic heterocycles. The average molecular weight is 509 g/mol. The van der Waals surface area contributed by atoms with Crippen molar-refractivity contribution in [3.8, 4) is 0 Å². The molecule has 0 unspecified atom stereocenters. The second kappa shape index (κ2) is 10.2. The third-order valence-electron chi connectivity index (χ3n) is 6.05. The molecule has 6 N–H and O–H groups in total. The summed E-state index contributed by atoms with van der Waals surface area (Å²) in [5.74, 6) is 0.189. The number of primary amides is 1. The molecule has 38 heavy (non-hydrogen) atoms. The molecule has 5 aromatic rings. The van der Waals surface area contributed by atoms with Crippen LogP contribution in [0.4, 0.5) is 28.8 Å². The Hall–Kier alpha value is -4.96. The molecule has 0 fully saturated rings. The highest BCUT2D eigenvalue weighted by Gasteiger charge is 2.15. The van der Waals surface area contributed by atoms with Crippen molar-refractivity contribution in [1.82, 2.24) is 19.9 Å². The maximum Gasteiger partial charge on any atom is 0.250 e. The molecule has 0 aliphatic carbocycles. The highest BCUT2D eigenvalue weighted by molar-refractivity contribution is 6.05. The van der Waals surface area contributed by atoms with E-state index in [1.54, 1.807) is 17.2 Å². The lowest BCUT2D eigenvalue weighted by atomic mass is 10.0. The lowest BCUT2D eigenvalue weighted by molar-refractivity contribution is -0.116. The Morgan fingerprint density at radius 1 is 0.947 bits per heavy atom. The molecule has 2 amide bonds. The fourth-order valence-corrected chi connectivity index (χ4v) is 4.21. The molecule has 3 aromatic carbocycles. The number of benzene rings is 3. The Morgan fingerprint density at radius 2 is 1.71 bits per heavy atom. The summed E-state index contributed by atoms with van der Waals surface area (Å²) in [6.45, 7) is 2.23. The van der Waals surface area contributed by atoms with E-state index < -0.39 is 5.91 Å². The number of nitrogens with one attached hydrogen (secondary N) is 4. The molecule has 5 rings (SSSR count). The second-order valence-electron chi connectivity index (χ2n) is 9.31. The molecular formula is C28H28N8O2. The van der Waals surface area contributed by atoms with Crippen LogP contribution in [-0.4, -0.2) is 52.3 Å². The van der Waals surface area contributed by atoms with E-state index in [1.165, 1.54) is 0 Å². The lowest BCUT2D eigenvalue weighted by Crippen LogP contribution is -2.27.